The van der Waals surface area contributed by atoms with E-state index >= 15 is 0 Å². The highest BCUT2D eigenvalue weighted by Gasteiger charge is 2.09. The topological polar surface area (TPSA) is 67.3 Å². The van der Waals surface area contributed by atoms with Gasteiger partial charge in [-0.15, -0.1) is 0 Å². The molecule has 1 rings (SSSR count). The predicted octanol–water partition coefficient (Wildman–Crippen LogP) is 1.58. The molecule has 1 aromatic rings. The average Bonchev–Trinajstić information content (AvgIpc) is 2.19. The summed E-state index contributed by atoms with van der Waals surface area (Å²) in [5, 5.41) is 9.14. The number of carbonyl (C=O) groups excluding carboxylic acids is 2. The lowest BCUT2D eigenvalue weighted by Gasteiger charge is -2.00. The number of pyridine rings is 1. The number of Topliss-reactive ketones (excluding diaryl/α,β-unsaturated/α-hetero) is 1. The van der Waals surface area contributed by atoms with Gasteiger partial charge in [-0.05, 0) is 18.6 Å². The summed E-state index contributed by atoms with van der Waals surface area (Å²) in [4.78, 5) is 25.5. The van der Waals surface area contributed by atoms with Gasteiger partial charge in [0.15, 0.2) is 12.1 Å². The number of nitrogens with zero attached hydrogens (tertiary/aromatic N) is 1. The zero-order valence-corrected chi connectivity index (χ0v) is 7.86. The van der Waals surface area contributed by atoms with Gasteiger partial charge in [0.1, 0.15) is 17.1 Å². The minimum absolute atomic E-state index is 0.0908. The Morgan fingerprint density at radius 2 is 2.29 bits per heavy atom. The minimum Gasteiger partial charge on any atom is -0.506 e. The Labute approximate surface area is 81.6 Å². The monoisotopic (exact) mass is 193 g/mol. The maximum atomic E-state index is 11.4. The van der Waals surface area contributed by atoms with Crippen LogP contribution in [0.4, 0.5) is 0 Å². The van der Waals surface area contributed by atoms with Crippen LogP contribution in [0.5, 0.6) is 5.75 Å². The molecule has 0 aliphatic rings. The summed E-state index contributed by atoms with van der Waals surface area (Å²) in [6.07, 6.45) is 1.56. The molecule has 0 bridgehead atoms. The highest BCUT2D eigenvalue weighted by atomic mass is 16.3. The molecule has 0 unspecified atom stereocenters. The Hall–Kier alpha value is -1.71. The lowest BCUT2D eigenvalue weighted by atomic mass is 10.1. The Morgan fingerprint density at radius 3 is 2.86 bits per heavy atom. The third kappa shape index (κ3) is 2.16. The summed E-state index contributed by atoms with van der Waals surface area (Å²) < 4.78 is 0. The van der Waals surface area contributed by atoms with Crippen LogP contribution >= 0.6 is 0 Å². The Kier molecular flexibility index (Phi) is 3.34. The second kappa shape index (κ2) is 4.50. The molecule has 1 aromatic heterocycles. The first-order valence-corrected chi connectivity index (χ1v) is 4.37. The number of aromatic nitrogens is 1. The van der Waals surface area contributed by atoms with Crippen molar-refractivity contribution in [3.05, 3.63) is 23.5 Å². The molecule has 0 aromatic carbocycles. The van der Waals surface area contributed by atoms with E-state index in [4.69, 9.17) is 5.11 Å². The average molecular weight is 193 g/mol. The SMILES string of the molecule is CCCC(=O)c1ccc(O)c(C=O)n1. The number of aromatic hydroxyl groups is 1. The molecule has 4 nitrogen and oxygen atoms in total. The molecule has 0 atom stereocenters. The maximum absolute atomic E-state index is 11.4. The highest BCUT2D eigenvalue weighted by Crippen LogP contribution is 2.13. The smallest absolute Gasteiger partial charge is 0.181 e. The van der Waals surface area contributed by atoms with Crippen LogP contribution in [0, 0.1) is 0 Å². The van der Waals surface area contributed by atoms with Crippen molar-refractivity contribution in [3.63, 3.8) is 0 Å². The molecule has 0 spiro atoms. The molecule has 14 heavy (non-hydrogen) atoms. The molecule has 1 N–H and O–H groups in total. The van der Waals surface area contributed by atoms with Crippen molar-refractivity contribution in [1.29, 1.82) is 0 Å². The van der Waals surface area contributed by atoms with Crippen molar-refractivity contribution in [2.45, 2.75) is 19.8 Å². The largest absolute Gasteiger partial charge is 0.506 e. The second-order valence-corrected chi connectivity index (χ2v) is 2.89. The molecule has 1 heterocycles. The molecule has 0 radical (unpaired) electrons. The minimum atomic E-state index is -0.201. The van der Waals surface area contributed by atoms with Gasteiger partial charge in [-0.3, -0.25) is 9.59 Å². The van der Waals surface area contributed by atoms with Gasteiger partial charge in [0.05, 0.1) is 0 Å². The Bertz CT molecular complexity index is 360. The van der Waals surface area contributed by atoms with Crippen LogP contribution in [-0.2, 0) is 0 Å². The third-order valence-corrected chi connectivity index (χ3v) is 1.78. The van der Waals surface area contributed by atoms with Crippen LogP contribution in [0.2, 0.25) is 0 Å². The van der Waals surface area contributed by atoms with E-state index in [0.717, 1.165) is 6.42 Å². The van der Waals surface area contributed by atoms with Crippen LogP contribution in [0.15, 0.2) is 12.1 Å². The summed E-state index contributed by atoms with van der Waals surface area (Å²) in [7, 11) is 0. The zero-order chi connectivity index (χ0) is 10.6. The summed E-state index contributed by atoms with van der Waals surface area (Å²) in [6, 6.07) is 2.72. The lowest BCUT2D eigenvalue weighted by molar-refractivity contribution is 0.0977. The standard InChI is InChI=1S/C10H11NO3/c1-2-3-9(13)7-4-5-10(14)8(6-12)11-7/h4-6,14H,2-3H2,1H3. The number of hydrogen-bond donors (Lipinski definition) is 1. The highest BCUT2D eigenvalue weighted by molar-refractivity contribution is 5.95. The fourth-order valence-electron chi connectivity index (χ4n) is 1.06. The van der Waals surface area contributed by atoms with Gasteiger partial charge in [0, 0.05) is 6.42 Å². The molecule has 0 aliphatic heterocycles. The van der Waals surface area contributed by atoms with E-state index in [2.05, 4.69) is 4.98 Å². The van der Waals surface area contributed by atoms with E-state index in [9.17, 15) is 9.59 Å². The maximum Gasteiger partial charge on any atom is 0.181 e. The predicted molar refractivity (Wildman–Crippen MR) is 50.5 cm³/mol. The van der Waals surface area contributed by atoms with Crippen molar-refractivity contribution in [1.82, 2.24) is 4.98 Å². The lowest BCUT2D eigenvalue weighted by Crippen LogP contribution is -2.03. The van der Waals surface area contributed by atoms with Gasteiger partial charge in [0.25, 0.3) is 0 Å². The Balaban J connectivity index is 3.00. The number of aldehydes is 1. The summed E-state index contributed by atoms with van der Waals surface area (Å²) in [6.45, 7) is 1.89. The van der Waals surface area contributed by atoms with E-state index in [1.807, 2.05) is 6.92 Å². The van der Waals surface area contributed by atoms with Gasteiger partial charge in [-0.2, -0.15) is 0 Å². The fraction of sp³-hybridized carbons (Fsp3) is 0.300. The summed E-state index contributed by atoms with van der Waals surface area (Å²) in [5.74, 6) is -0.316. The molecular formula is C10H11NO3. The van der Waals surface area contributed by atoms with Crippen LogP contribution < -0.4 is 0 Å². The molecule has 74 valence electrons. The first-order chi connectivity index (χ1) is 6.69. The summed E-state index contributed by atoms with van der Waals surface area (Å²) in [5.41, 5.74) is 0.138. The number of carbonyl (C=O) groups is 2. The van der Waals surface area contributed by atoms with Crippen molar-refractivity contribution < 1.29 is 14.7 Å². The molecule has 0 saturated carbocycles. The fourth-order valence-corrected chi connectivity index (χ4v) is 1.06. The van der Waals surface area contributed by atoms with Gasteiger partial charge < -0.3 is 5.11 Å². The third-order valence-electron chi connectivity index (χ3n) is 1.78. The van der Waals surface area contributed by atoms with E-state index in [0.29, 0.717) is 12.7 Å². The molecule has 0 saturated heterocycles. The Morgan fingerprint density at radius 1 is 1.57 bits per heavy atom. The van der Waals surface area contributed by atoms with Crippen molar-refractivity contribution in [2.75, 3.05) is 0 Å². The van der Waals surface area contributed by atoms with Gasteiger partial charge >= 0.3 is 0 Å². The van der Waals surface area contributed by atoms with E-state index in [1.165, 1.54) is 12.1 Å². The van der Waals surface area contributed by atoms with Crippen LogP contribution in [0.3, 0.4) is 0 Å². The van der Waals surface area contributed by atoms with Gasteiger partial charge in [-0.1, -0.05) is 6.92 Å². The first kappa shape index (κ1) is 10.4. The molecule has 4 heteroatoms. The molecule has 0 aliphatic carbocycles. The number of ketones is 1. The number of hydrogen-bond acceptors (Lipinski definition) is 4. The van der Waals surface area contributed by atoms with Gasteiger partial charge in [-0.25, -0.2) is 4.98 Å². The molecule has 0 amide bonds. The van der Waals surface area contributed by atoms with Gasteiger partial charge in [0.2, 0.25) is 0 Å². The van der Waals surface area contributed by atoms with E-state index in [1.54, 1.807) is 0 Å². The number of rotatable bonds is 4. The van der Waals surface area contributed by atoms with Crippen LogP contribution in [0.1, 0.15) is 40.7 Å². The first-order valence-electron chi connectivity index (χ1n) is 4.37. The van der Waals surface area contributed by atoms with Crippen molar-refractivity contribution in [3.8, 4) is 5.75 Å². The zero-order valence-electron chi connectivity index (χ0n) is 7.86. The van der Waals surface area contributed by atoms with E-state index < -0.39 is 0 Å². The van der Waals surface area contributed by atoms with Crippen molar-refractivity contribution in [2.24, 2.45) is 0 Å². The summed E-state index contributed by atoms with van der Waals surface area (Å²) >= 11 is 0. The quantitative estimate of drug-likeness (QED) is 0.582. The normalized spacial score (nSPS) is 9.79. The van der Waals surface area contributed by atoms with Crippen LogP contribution in [-0.4, -0.2) is 22.2 Å². The molecular weight excluding hydrogens is 182 g/mol. The van der Waals surface area contributed by atoms with Crippen molar-refractivity contribution >= 4 is 12.1 Å². The second-order valence-electron chi connectivity index (χ2n) is 2.89. The van der Waals surface area contributed by atoms with E-state index in [-0.39, 0.29) is 22.9 Å². The van der Waals surface area contributed by atoms with Crippen LogP contribution in [0.25, 0.3) is 0 Å². The molecule has 0 fully saturated rings.